The Hall–Kier alpha value is -0.900. The standard InChI is InChI=1S/C14H23N5OS.HI/c1-4-13(20)19-6-5-11(8-19)18-14(15-3)16-7-12-17-10(2)9-21-12;/h9,11H,4-8H2,1-3H3,(H2,15,16,18);1H. The Kier molecular flexibility index (Phi) is 8.08. The lowest BCUT2D eigenvalue weighted by molar-refractivity contribution is -0.129. The Labute approximate surface area is 152 Å². The minimum Gasteiger partial charge on any atom is -0.352 e. The number of hydrogen-bond acceptors (Lipinski definition) is 4. The zero-order valence-electron chi connectivity index (χ0n) is 13.3. The van der Waals surface area contributed by atoms with E-state index in [0.29, 0.717) is 13.0 Å². The van der Waals surface area contributed by atoms with Gasteiger partial charge in [-0.25, -0.2) is 4.98 Å². The van der Waals surface area contributed by atoms with Crippen LogP contribution in [-0.2, 0) is 11.3 Å². The molecule has 22 heavy (non-hydrogen) atoms. The third-order valence-corrected chi connectivity index (χ3v) is 4.45. The molecule has 0 aliphatic carbocycles. The van der Waals surface area contributed by atoms with Crippen LogP contribution in [0.15, 0.2) is 10.4 Å². The fourth-order valence-electron chi connectivity index (χ4n) is 2.36. The van der Waals surface area contributed by atoms with Crippen molar-refractivity contribution in [3.63, 3.8) is 0 Å². The molecule has 1 fully saturated rings. The highest BCUT2D eigenvalue weighted by Gasteiger charge is 2.25. The van der Waals surface area contributed by atoms with Crippen LogP contribution in [0, 0.1) is 6.92 Å². The second kappa shape index (κ2) is 9.29. The van der Waals surface area contributed by atoms with Crippen LogP contribution >= 0.6 is 35.3 Å². The molecule has 6 nitrogen and oxygen atoms in total. The molecule has 0 aromatic carbocycles. The molecule has 2 N–H and O–H groups in total. The van der Waals surface area contributed by atoms with Gasteiger partial charge in [0.15, 0.2) is 5.96 Å². The number of rotatable bonds is 4. The molecule has 2 heterocycles. The van der Waals surface area contributed by atoms with Crippen LogP contribution in [0.2, 0.25) is 0 Å². The van der Waals surface area contributed by atoms with Gasteiger partial charge in [0.2, 0.25) is 5.91 Å². The number of carbonyl (C=O) groups is 1. The largest absolute Gasteiger partial charge is 0.352 e. The fourth-order valence-corrected chi connectivity index (χ4v) is 3.07. The first-order valence-electron chi connectivity index (χ1n) is 7.28. The molecule has 1 aromatic rings. The van der Waals surface area contributed by atoms with Crippen molar-refractivity contribution in [2.45, 2.75) is 39.3 Å². The van der Waals surface area contributed by atoms with E-state index in [2.05, 4.69) is 20.6 Å². The van der Waals surface area contributed by atoms with Crippen molar-refractivity contribution in [2.24, 2.45) is 4.99 Å². The van der Waals surface area contributed by atoms with E-state index in [0.717, 1.165) is 36.2 Å². The summed E-state index contributed by atoms with van der Waals surface area (Å²) >= 11 is 1.64. The first-order chi connectivity index (χ1) is 10.1. The van der Waals surface area contributed by atoms with Crippen LogP contribution in [0.3, 0.4) is 0 Å². The van der Waals surface area contributed by atoms with Crippen LogP contribution < -0.4 is 10.6 Å². The van der Waals surface area contributed by atoms with Gasteiger partial charge in [-0.15, -0.1) is 35.3 Å². The maximum atomic E-state index is 11.7. The molecular weight excluding hydrogens is 413 g/mol. The number of halogens is 1. The number of thiazole rings is 1. The molecule has 8 heteroatoms. The van der Waals surface area contributed by atoms with E-state index >= 15 is 0 Å². The van der Waals surface area contributed by atoms with Crippen LogP contribution in [0.1, 0.15) is 30.5 Å². The lowest BCUT2D eigenvalue weighted by Crippen LogP contribution is -2.44. The smallest absolute Gasteiger partial charge is 0.222 e. The number of hydrogen-bond donors (Lipinski definition) is 2. The van der Waals surface area contributed by atoms with Crippen molar-refractivity contribution >= 4 is 47.2 Å². The number of aromatic nitrogens is 1. The summed E-state index contributed by atoms with van der Waals surface area (Å²) in [5, 5.41) is 9.73. The van der Waals surface area contributed by atoms with E-state index in [1.807, 2.05) is 24.1 Å². The van der Waals surface area contributed by atoms with Crippen LogP contribution in [0.25, 0.3) is 0 Å². The Balaban J connectivity index is 0.00000242. The summed E-state index contributed by atoms with van der Waals surface area (Å²) in [4.78, 5) is 22.2. The summed E-state index contributed by atoms with van der Waals surface area (Å²) in [6.45, 7) is 6.14. The molecule has 1 unspecified atom stereocenters. The topological polar surface area (TPSA) is 69.6 Å². The van der Waals surface area contributed by atoms with Gasteiger partial charge in [-0.2, -0.15) is 0 Å². The number of amides is 1. The van der Waals surface area contributed by atoms with Gasteiger partial charge in [-0.3, -0.25) is 9.79 Å². The van der Waals surface area contributed by atoms with E-state index in [-0.39, 0.29) is 35.9 Å². The number of carbonyl (C=O) groups excluding carboxylic acids is 1. The van der Waals surface area contributed by atoms with Gasteiger partial charge in [0.25, 0.3) is 0 Å². The zero-order chi connectivity index (χ0) is 15.2. The number of nitrogens with zero attached hydrogens (tertiary/aromatic N) is 3. The average molecular weight is 437 g/mol. The summed E-state index contributed by atoms with van der Waals surface area (Å²) in [5.74, 6) is 0.985. The first-order valence-corrected chi connectivity index (χ1v) is 8.16. The van der Waals surface area contributed by atoms with Crippen molar-refractivity contribution in [1.82, 2.24) is 20.5 Å². The van der Waals surface area contributed by atoms with Crippen LogP contribution in [0.5, 0.6) is 0 Å². The van der Waals surface area contributed by atoms with E-state index in [1.165, 1.54) is 0 Å². The fraction of sp³-hybridized carbons (Fsp3) is 0.643. The van der Waals surface area contributed by atoms with Gasteiger partial charge in [0, 0.05) is 43.7 Å². The molecule has 0 bridgehead atoms. The maximum absolute atomic E-state index is 11.7. The molecule has 0 saturated carbocycles. The number of likely N-dealkylation sites (tertiary alicyclic amines) is 1. The Morgan fingerprint density at radius 2 is 2.36 bits per heavy atom. The second-order valence-electron chi connectivity index (χ2n) is 5.13. The number of guanidine groups is 1. The molecule has 1 aromatic heterocycles. The van der Waals surface area contributed by atoms with Crippen molar-refractivity contribution in [1.29, 1.82) is 0 Å². The quantitative estimate of drug-likeness (QED) is 0.428. The Morgan fingerprint density at radius 3 is 2.95 bits per heavy atom. The zero-order valence-corrected chi connectivity index (χ0v) is 16.4. The minimum absolute atomic E-state index is 0. The number of aliphatic imine (C=N–C) groups is 1. The Morgan fingerprint density at radius 1 is 1.59 bits per heavy atom. The summed E-state index contributed by atoms with van der Waals surface area (Å²) < 4.78 is 0. The van der Waals surface area contributed by atoms with Crippen LogP contribution in [-0.4, -0.2) is 47.9 Å². The molecular formula is C14H24IN5OS. The highest BCUT2D eigenvalue weighted by atomic mass is 127. The average Bonchev–Trinajstić information content (AvgIpc) is 3.11. The summed E-state index contributed by atoms with van der Waals surface area (Å²) in [6.07, 6.45) is 1.53. The maximum Gasteiger partial charge on any atom is 0.222 e. The van der Waals surface area contributed by atoms with Gasteiger partial charge >= 0.3 is 0 Å². The molecule has 1 aliphatic rings. The highest BCUT2D eigenvalue weighted by Crippen LogP contribution is 2.11. The van der Waals surface area contributed by atoms with E-state index in [9.17, 15) is 4.79 Å². The van der Waals surface area contributed by atoms with Gasteiger partial charge < -0.3 is 15.5 Å². The molecule has 1 atom stereocenters. The molecule has 1 amide bonds. The van der Waals surface area contributed by atoms with Gasteiger partial charge in [-0.1, -0.05) is 6.92 Å². The van der Waals surface area contributed by atoms with Crippen molar-refractivity contribution in [3.8, 4) is 0 Å². The third kappa shape index (κ3) is 5.38. The van der Waals surface area contributed by atoms with Crippen molar-refractivity contribution < 1.29 is 4.79 Å². The molecule has 1 aliphatic heterocycles. The van der Waals surface area contributed by atoms with Gasteiger partial charge in [0.1, 0.15) is 5.01 Å². The normalized spacial score (nSPS) is 18.0. The van der Waals surface area contributed by atoms with E-state index in [1.54, 1.807) is 18.4 Å². The molecule has 2 rings (SSSR count). The number of aryl methyl sites for hydroxylation is 1. The second-order valence-corrected chi connectivity index (χ2v) is 6.07. The predicted molar refractivity (Wildman–Crippen MR) is 101 cm³/mol. The van der Waals surface area contributed by atoms with Crippen molar-refractivity contribution in [2.75, 3.05) is 20.1 Å². The molecule has 0 radical (unpaired) electrons. The van der Waals surface area contributed by atoms with Gasteiger partial charge in [0.05, 0.1) is 6.54 Å². The molecule has 0 spiro atoms. The van der Waals surface area contributed by atoms with Gasteiger partial charge in [-0.05, 0) is 13.3 Å². The minimum atomic E-state index is 0. The van der Waals surface area contributed by atoms with E-state index < -0.39 is 0 Å². The summed E-state index contributed by atoms with van der Waals surface area (Å²) in [5.41, 5.74) is 1.05. The van der Waals surface area contributed by atoms with Crippen LogP contribution in [0.4, 0.5) is 0 Å². The summed E-state index contributed by atoms with van der Waals surface area (Å²) in [6, 6.07) is 0.268. The molecule has 124 valence electrons. The number of nitrogens with one attached hydrogen (secondary N) is 2. The molecule has 1 saturated heterocycles. The van der Waals surface area contributed by atoms with Crippen molar-refractivity contribution in [3.05, 3.63) is 16.1 Å². The summed E-state index contributed by atoms with van der Waals surface area (Å²) in [7, 11) is 1.76. The Bertz CT molecular complexity index is 519. The predicted octanol–water partition coefficient (Wildman–Crippen LogP) is 1.75. The SMILES string of the molecule is CCC(=O)N1CCC(NC(=NC)NCc2nc(C)cs2)C1.I. The monoisotopic (exact) mass is 437 g/mol. The highest BCUT2D eigenvalue weighted by molar-refractivity contribution is 14.0. The lowest BCUT2D eigenvalue weighted by Gasteiger charge is -2.18. The third-order valence-electron chi connectivity index (χ3n) is 3.48. The first kappa shape index (κ1) is 19.1. The lowest BCUT2D eigenvalue weighted by atomic mass is 10.3. The van der Waals surface area contributed by atoms with E-state index in [4.69, 9.17) is 0 Å².